The third-order valence-electron chi connectivity index (χ3n) is 6.08. The Morgan fingerprint density at radius 2 is 1.65 bits per heavy atom. The van der Waals surface area contributed by atoms with Crippen LogP contribution in [0, 0.1) is 17.6 Å². The lowest BCUT2D eigenvalue weighted by atomic mass is 9.95. The van der Waals surface area contributed by atoms with Crippen LogP contribution in [-0.2, 0) is 24.5 Å². The summed E-state index contributed by atoms with van der Waals surface area (Å²) in [5.74, 6) is 0.163. The molecule has 0 aromatic heterocycles. The SMILES string of the molecule is O=C(NCc1ccc(OCc2ccc(F)cc2)cc1)C1CCN(Cc2ccc(Cl)cc2F)CC1. The molecule has 0 aliphatic carbocycles. The number of ether oxygens (including phenoxy) is 1. The molecule has 4 nitrogen and oxygen atoms in total. The average molecular weight is 485 g/mol. The molecular weight excluding hydrogens is 458 g/mol. The van der Waals surface area contributed by atoms with Gasteiger partial charge in [0, 0.05) is 29.6 Å². The van der Waals surface area contributed by atoms with Crippen LogP contribution in [0.3, 0.4) is 0 Å². The summed E-state index contributed by atoms with van der Waals surface area (Å²) in [6.45, 7) is 2.83. The van der Waals surface area contributed by atoms with Crippen molar-refractivity contribution in [2.45, 2.75) is 32.5 Å². The Hall–Kier alpha value is -2.96. The standard InChI is InChI=1S/C27H27ClF2N2O2/c28-23-6-5-22(26(30)15-23)17-32-13-11-21(12-14-32)27(33)31-16-19-3-9-25(10-4-19)34-18-20-1-7-24(29)8-2-20/h1-10,15,21H,11-14,16-18H2,(H,31,33). The molecule has 1 amide bonds. The van der Waals surface area contributed by atoms with Crippen molar-refractivity contribution in [3.63, 3.8) is 0 Å². The highest BCUT2D eigenvalue weighted by Crippen LogP contribution is 2.22. The first-order valence-electron chi connectivity index (χ1n) is 11.4. The molecule has 1 fully saturated rings. The van der Waals surface area contributed by atoms with Gasteiger partial charge in [0.15, 0.2) is 0 Å². The highest BCUT2D eigenvalue weighted by molar-refractivity contribution is 6.30. The highest BCUT2D eigenvalue weighted by atomic mass is 35.5. The number of amides is 1. The Kier molecular flexibility index (Phi) is 8.14. The van der Waals surface area contributed by atoms with Crippen molar-refractivity contribution < 1.29 is 18.3 Å². The van der Waals surface area contributed by atoms with Crippen molar-refractivity contribution in [3.8, 4) is 5.75 Å². The van der Waals surface area contributed by atoms with Crippen LogP contribution in [0.25, 0.3) is 0 Å². The third-order valence-corrected chi connectivity index (χ3v) is 6.31. The minimum atomic E-state index is -0.292. The van der Waals surface area contributed by atoms with Gasteiger partial charge in [-0.15, -0.1) is 0 Å². The van der Waals surface area contributed by atoms with Crippen LogP contribution < -0.4 is 10.1 Å². The maximum Gasteiger partial charge on any atom is 0.223 e. The number of benzene rings is 3. The van der Waals surface area contributed by atoms with Crippen LogP contribution in [-0.4, -0.2) is 23.9 Å². The topological polar surface area (TPSA) is 41.6 Å². The molecule has 7 heteroatoms. The first-order valence-corrected chi connectivity index (χ1v) is 11.7. The minimum absolute atomic E-state index is 0.0374. The van der Waals surface area contributed by atoms with E-state index in [4.69, 9.17) is 16.3 Å². The van der Waals surface area contributed by atoms with Crippen LogP contribution in [0.4, 0.5) is 8.78 Å². The van der Waals surface area contributed by atoms with Crippen LogP contribution >= 0.6 is 11.6 Å². The summed E-state index contributed by atoms with van der Waals surface area (Å²) in [5.41, 5.74) is 2.50. The second kappa shape index (κ2) is 11.4. The second-order valence-corrected chi connectivity index (χ2v) is 9.00. The van der Waals surface area contributed by atoms with Gasteiger partial charge in [-0.05, 0) is 73.5 Å². The van der Waals surface area contributed by atoms with Crippen molar-refractivity contribution in [2.75, 3.05) is 13.1 Å². The van der Waals surface area contributed by atoms with Gasteiger partial charge in [0.25, 0.3) is 0 Å². The van der Waals surface area contributed by atoms with Crippen LogP contribution in [0.1, 0.15) is 29.5 Å². The number of halogens is 3. The molecule has 3 aromatic carbocycles. The monoisotopic (exact) mass is 484 g/mol. The zero-order valence-corrected chi connectivity index (χ0v) is 19.5. The van der Waals surface area contributed by atoms with E-state index in [1.54, 1.807) is 24.3 Å². The van der Waals surface area contributed by atoms with Gasteiger partial charge in [0.2, 0.25) is 5.91 Å². The molecule has 34 heavy (non-hydrogen) atoms. The first-order chi connectivity index (χ1) is 16.5. The van der Waals surface area contributed by atoms with Crippen LogP contribution in [0.15, 0.2) is 66.7 Å². The zero-order chi connectivity index (χ0) is 23.9. The van der Waals surface area contributed by atoms with E-state index in [9.17, 15) is 13.6 Å². The fraction of sp³-hybridized carbons (Fsp3) is 0.296. The molecule has 4 rings (SSSR count). The highest BCUT2D eigenvalue weighted by Gasteiger charge is 2.25. The molecule has 0 bridgehead atoms. The molecular formula is C27H27ClF2N2O2. The minimum Gasteiger partial charge on any atom is -0.489 e. The Bertz CT molecular complexity index is 1100. The van der Waals surface area contributed by atoms with Gasteiger partial charge in [-0.3, -0.25) is 9.69 Å². The van der Waals surface area contributed by atoms with E-state index in [0.717, 1.165) is 37.1 Å². The number of nitrogens with one attached hydrogen (secondary N) is 1. The molecule has 1 aliphatic rings. The molecule has 178 valence electrons. The van der Waals surface area contributed by atoms with E-state index in [-0.39, 0.29) is 23.5 Å². The van der Waals surface area contributed by atoms with E-state index in [1.165, 1.54) is 18.2 Å². The van der Waals surface area contributed by atoms with E-state index in [1.807, 2.05) is 24.3 Å². The lowest BCUT2D eigenvalue weighted by Gasteiger charge is -2.31. The van der Waals surface area contributed by atoms with Crippen LogP contribution in [0.2, 0.25) is 5.02 Å². The molecule has 0 spiro atoms. The van der Waals surface area contributed by atoms with Crippen molar-refractivity contribution in [1.82, 2.24) is 10.2 Å². The van der Waals surface area contributed by atoms with Gasteiger partial charge in [-0.25, -0.2) is 8.78 Å². The molecule has 3 aromatic rings. The second-order valence-electron chi connectivity index (χ2n) is 8.56. The van der Waals surface area contributed by atoms with Gasteiger partial charge < -0.3 is 10.1 Å². The van der Waals surface area contributed by atoms with E-state index >= 15 is 0 Å². The summed E-state index contributed by atoms with van der Waals surface area (Å²) in [6, 6.07) is 18.5. The lowest BCUT2D eigenvalue weighted by molar-refractivity contribution is -0.126. The fourth-order valence-electron chi connectivity index (χ4n) is 4.03. The zero-order valence-electron chi connectivity index (χ0n) is 18.8. The first kappa shape index (κ1) is 24.2. The third kappa shape index (κ3) is 6.78. The summed E-state index contributed by atoms with van der Waals surface area (Å²) >= 11 is 5.82. The number of hydrogen-bond donors (Lipinski definition) is 1. The summed E-state index contributed by atoms with van der Waals surface area (Å²) < 4.78 is 32.7. The summed E-state index contributed by atoms with van der Waals surface area (Å²) in [4.78, 5) is 14.8. The van der Waals surface area contributed by atoms with Crippen LogP contribution in [0.5, 0.6) is 5.75 Å². The van der Waals surface area contributed by atoms with E-state index in [2.05, 4.69) is 10.2 Å². The molecule has 1 saturated heterocycles. The Labute approximate surface area is 203 Å². The predicted molar refractivity (Wildman–Crippen MR) is 128 cm³/mol. The molecule has 1 heterocycles. The summed E-state index contributed by atoms with van der Waals surface area (Å²) in [7, 11) is 0. The summed E-state index contributed by atoms with van der Waals surface area (Å²) in [6.07, 6.45) is 1.49. The molecule has 1 aliphatic heterocycles. The van der Waals surface area contributed by atoms with Crippen molar-refractivity contribution in [2.24, 2.45) is 5.92 Å². The number of piperidine rings is 1. The Morgan fingerprint density at radius 1 is 0.971 bits per heavy atom. The Morgan fingerprint density at radius 3 is 2.32 bits per heavy atom. The lowest BCUT2D eigenvalue weighted by Crippen LogP contribution is -2.40. The predicted octanol–water partition coefficient (Wildman–Crippen LogP) is 5.73. The maximum atomic E-state index is 14.0. The normalized spacial score (nSPS) is 14.7. The van der Waals surface area contributed by atoms with Gasteiger partial charge >= 0.3 is 0 Å². The number of likely N-dealkylation sites (tertiary alicyclic amines) is 1. The molecule has 0 radical (unpaired) electrons. The maximum absolute atomic E-state index is 14.0. The van der Waals surface area contributed by atoms with E-state index < -0.39 is 0 Å². The molecule has 1 N–H and O–H groups in total. The Balaban J connectivity index is 1.18. The largest absolute Gasteiger partial charge is 0.489 e. The fourth-order valence-corrected chi connectivity index (χ4v) is 4.19. The van der Waals surface area contributed by atoms with E-state index in [0.29, 0.717) is 36.0 Å². The average Bonchev–Trinajstić information content (AvgIpc) is 2.85. The van der Waals surface area contributed by atoms with Crippen molar-refractivity contribution in [3.05, 3.63) is 100 Å². The molecule has 0 atom stereocenters. The van der Waals surface area contributed by atoms with Crippen molar-refractivity contribution in [1.29, 1.82) is 0 Å². The molecule has 0 saturated carbocycles. The number of carbonyl (C=O) groups excluding carboxylic acids is 1. The van der Waals surface area contributed by atoms with Gasteiger partial charge in [0.1, 0.15) is 24.0 Å². The molecule has 0 unspecified atom stereocenters. The van der Waals surface area contributed by atoms with Gasteiger partial charge in [-0.1, -0.05) is 41.9 Å². The number of hydrogen-bond acceptors (Lipinski definition) is 3. The van der Waals surface area contributed by atoms with Crippen molar-refractivity contribution >= 4 is 17.5 Å². The number of nitrogens with zero attached hydrogens (tertiary/aromatic N) is 1. The van der Waals surface area contributed by atoms with Gasteiger partial charge in [-0.2, -0.15) is 0 Å². The summed E-state index contributed by atoms with van der Waals surface area (Å²) in [5, 5.41) is 3.42. The van der Waals surface area contributed by atoms with Gasteiger partial charge in [0.05, 0.1) is 0 Å². The smallest absolute Gasteiger partial charge is 0.223 e. The quantitative estimate of drug-likeness (QED) is 0.444. The number of carbonyl (C=O) groups is 1. The number of rotatable bonds is 8.